The molecule has 1 aliphatic heterocycles. The summed E-state index contributed by atoms with van der Waals surface area (Å²) in [6.07, 6.45) is -1.23. The van der Waals surface area contributed by atoms with Gasteiger partial charge in [0.05, 0.1) is 11.7 Å². The Balaban J connectivity index is 1.83. The van der Waals surface area contributed by atoms with Crippen molar-refractivity contribution in [1.29, 1.82) is 0 Å². The lowest BCUT2D eigenvalue weighted by atomic mass is 10.1. The number of ether oxygens (including phenoxy) is 3. The first-order valence-corrected chi connectivity index (χ1v) is 6.20. The number of methoxy groups -OCH3 is 1. The van der Waals surface area contributed by atoms with Gasteiger partial charge < -0.3 is 19.3 Å². The van der Waals surface area contributed by atoms with Crippen molar-refractivity contribution in [3.63, 3.8) is 0 Å². The summed E-state index contributed by atoms with van der Waals surface area (Å²) in [4.78, 5) is 11.8. The van der Waals surface area contributed by atoms with Crippen LogP contribution in [0.15, 0.2) is 24.3 Å². The van der Waals surface area contributed by atoms with Gasteiger partial charge in [0.15, 0.2) is 6.29 Å². The summed E-state index contributed by atoms with van der Waals surface area (Å²) in [6.45, 7) is 2.07. The quantitative estimate of drug-likeness (QED) is 0.831. The molecule has 19 heavy (non-hydrogen) atoms. The molecule has 0 spiro atoms. The van der Waals surface area contributed by atoms with E-state index in [0.29, 0.717) is 12.0 Å². The fourth-order valence-electron chi connectivity index (χ4n) is 1.98. The van der Waals surface area contributed by atoms with Crippen molar-refractivity contribution < 1.29 is 24.1 Å². The molecule has 0 aliphatic carbocycles. The Bertz CT molecular complexity index is 428. The van der Waals surface area contributed by atoms with Gasteiger partial charge in [0.25, 0.3) is 0 Å². The molecular formula is C14H18O5. The molecule has 1 fully saturated rings. The van der Waals surface area contributed by atoms with E-state index < -0.39 is 12.4 Å². The van der Waals surface area contributed by atoms with E-state index in [1.165, 1.54) is 7.11 Å². The SMILES string of the molecule is CO[C@H]1O[C@@H](COC(=O)c2ccc(C)cc2)C[C@H]1O. The maximum absolute atomic E-state index is 11.8. The highest BCUT2D eigenvalue weighted by Gasteiger charge is 2.34. The number of aliphatic hydroxyl groups excluding tert-OH is 1. The number of hydrogen-bond acceptors (Lipinski definition) is 5. The van der Waals surface area contributed by atoms with Crippen LogP contribution in [0.4, 0.5) is 0 Å². The van der Waals surface area contributed by atoms with Crippen molar-refractivity contribution in [1.82, 2.24) is 0 Å². The third-order valence-electron chi connectivity index (χ3n) is 3.07. The molecule has 1 heterocycles. The molecule has 5 nitrogen and oxygen atoms in total. The molecule has 0 radical (unpaired) electrons. The van der Waals surface area contributed by atoms with Crippen LogP contribution in [-0.4, -0.2) is 43.3 Å². The lowest BCUT2D eigenvalue weighted by Gasteiger charge is -2.13. The van der Waals surface area contributed by atoms with Crippen LogP contribution in [0.1, 0.15) is 22.3 Å². The van der Waals surface area contributed by atoms with Crippen LogP contribution in [0, 0.1) is 6.92 Å². The molecule has 0 aromatic heterocycles. The second-order valence-electron chi connectivity index (χ2n) is 4.63. The maximum atomic E-state index is 11.8. The number of rotatable bonds is 4. The zero-order valence-electron chi connectivity index (χ0n) is 11.0. The first-order valence-electron chi connectivity index (χ1n) is 6.20. The molecular weight excluding hydrogens is 248 g/mol. The molecule has 1 aliphatic rings. The Labute approximate surface area is 112 Å². The smallest absolute Gasteiger partial charge is 0.338 e. The average molecular weight is 266 g/mol. The molecule has 0 unspecified atom stereocenters. The molecule has 2 rings (SSSR count). The van der Waals surface area contributed by atoms with Gasteiger partial charge >= 0.3 is 5.97 Å². The van der Waals surface area contributed by atoms with Gasteiger partial charge in [0.2, 0.25) is 0 Å². The van der Waals surface area contributed by atoms with Crippen molar-refractivity contribution >= 4 is 5.97 Å². The molecule has 1 N–H and O–H groups in total. The van der Waals surface area contributed by atoms with E-state index in [1.54, 1.807) is 12.1 Å². The lowest BCUT2D eigenvalue weighted by molar-refractivity contribution is -0.153. The van der Waals surface area contributed by atoms with Gasteiger partial charge in [-0.1, -0.05) is 17.7 Å². The van der Waals surface area contributed by atoms with E-state index >= 15 is 0 Å². The van der Waals surface area contributed by atoms with Crippen LogP contribution in [-0.2, 0) is 14.2 Å². The number of hydrogen-bond donors (Lipinski definition) is 1. The summed E-state index contributed by atoms with van der Waals surface area (Å²) in [5.41, 5.74) is 1.59. The van der Waals surface area contributed by atoms with Crippen molar-refractivity contribution in [3.05, 3.63) is 35.4 Å². The Kier molecular flexibility index (Phi) is 4.52. The molecule has 5 heteroatoms. The predicted molar refractivity (Wildman–Crippen MR) is 67.8 cm³/mol. The highest BCUT2D eigenvalue weighted by Crippen LogP contribution is 2.21. The van der Waals surface area contributed by atoms with Gasteiger partial charge in [-0.05, 0) is 19.1 Å². The Morgan fingerprint density at radius 1 is 1.42 bits per heavy atom. The number of aryl methyl sites for hydroxylation is 1. The fraction of sp³-hybridized carbons (Fsp3) is 0.500. The van der Waals surface area contributed by atoms with Gasteiger partial charge in [0.1, 0.15) is 12.7 Å². The zero-order chi connectivity index (χ0) is 13.8. The number of carbonyl (C=O) groups excluding carboxylic acids is 1. The minimum Gasteiger partial charge on any atom is -0.459 e. The largest absolute Gasteiger partial charge is 0.459 e. The topological polar surface area (TPSA) is 65.0 Å². The third-order valence-corrected chi connectivity index (χ3v) is 3.07. The molecule has 3 atom stereocenters. The van der Waals surface area contributed by atoms with Gasteiger partial charge in [-0.25, -0.2) is 4.79 Å². The summed E-state index contributed by atoms with van der Waals surface area (Å²) in [6, 6.07) is 7.15. The minimum atomic E-state index is -0.673. The van der Waals surface area contributed by atoms with Crippen molar-refractivity contribution in [2.24, 2.45) is 0 Å². The minimum absolute atomic E-state index is 0.115. The van der Waals surface area contributed by atoms with Gasteiger partial charge in [0, 0.05) is 13.5 Å². The summed E-state index contributed by atoms with van der Waals surface area (Å²) in [5, 5.41) is 9.58. The van der Waals surface area contributed by atoms with Gasteiger partial charge in [-0.2, -0.15) is 0 Å². The van der Waals surface area contributed by atoms with Crippen molar-refractivity contribution in [2.75, 3.05) is 13.7 Å². The summed E-state index contributed by atoms with van der Waals surface area (Å²) in [7, 11) is 1.47. The highest BCUT2D eigenvalue weighted by molar-refractivity contribution is 5.89. The van der Waals surface area contributed by atoms with Crippen LogP contribution in [0.5, 0.6) is 0 Å². The van der Waals surface area contributed by atoms with E-state index in [4.69, 9.17) is 14.2 Å². The molecule has 1 aromatic carbocycles. The molecule has 0 amide bonds. The van der Waals surface area contributed by atoms with Crippen LogP contribution < -0.4 is 0 Å². The Morgan fingerprint density at radius 2 is 2.11 bits per heavy atom. The van der Waals surface area contributed by atoms with Crippen molar-refractivity contribution in [2.45, 2.75) is 31.8 Å². The standard InChI is InChI=1S/C14H18O5/c1-9-3-5-10(6-4-9)13(16)18-8-11-7-12(15)14(17-2)19-11/h3-6,11-12,14-15H,7-8H2,1-2H3/t11-,12-,14+/m1/s1. The van der Waals surface area contributed by atoms with E-state index in [0.717, 1.165) is 5.56 Å². The predicted octanol–water partition coefficient (Wildman–Crippen LogP) is 1.27. The molecule has 104 valence electrons. The van der Waals surface area contributed by atoms with Crippen molar-refractivity contribution in [3.8, 4) is 0 Å². The molecule has 0 bridgehead atoms. The van der Waals surface area contributed by atoms with Gasteiger partial charge in [-0.15, -0.1) is 0 Å². The molecule has 1 aromatic rings. The number of benzene rings is 1. The number of aliphatic hydroxyl groups is 1. The molecule has 1 saturated heterocycles. The zero-order valence-corrected chi connectivity index (χ0v) is 11.0. The second kappa shape index (κ2) is 6.14. The number of esters is 1. The summed E-state index contributed by atoms with van der Waals surface area (Å²) in [5.74, 6) is -0.390. The maximum Gasteiger partial charge on any atom is 0.338 e. The average Bonchev–Trinajstić information content (AvgIpc) is 2.77. The van der Waals surface area contributed by atoms with Gasteiger partial charge in [-0.3, -0.25) is 0 Å². The second-order valence-corrected chi connectivity index (χ2v) is 4.63. The first-order chi connectivity index (χ1) is 9.10. The summed E-state index contributed by atoms with van der Waals surface area (Å²) < 4.78 is 15.5. The van der Waals surface area contributed by atoms with E-state index in [2.05, 4.69) is 0 Å². The van der Waals surface area contributed by atoms with E-state index in [-0.39, 0.29) is 18.7 Å². The third kappa shape index (κ3) is 3.53. The first kappa shape index (κ1) is 14.0. The van der Waals surface area contributed by atoms with E-state index in [1.807, 2.05) is 19.1 Å². The number of carbonyl (C=O) groups is 1. The normalized spacial score (nSPS) is 26.4. The van der Waals surface area contributed by atoms with E-state index in [9.17, 15) is 9.90 Å². The Hall–Kier alpha value is -1.43. The van der Waals surface area contributed by atoms with Crippen LogP contribution in [0.3, 0.4) is 0 Å². The monoisotopic (exact) mass is 266 g/mol. The fourth-order valence-corrected chi connectivity index (χ4v) is 1.98. The highest BCUT2D eigenvalue weighted by atomic mass is 16.7. The van der Waals surface area contributed by atoms with Crippen LogP contribution in [0.25, 0.3) is 0 Å². The Morgan fingerprint density at radius 3 is 2.68 bits per heavy atom. The van der Waals surface area contributed by atoms with Crippen LogP contribution in [0.2, 0.25) is 0 Å². The lowest BCUT2D eigenvalue weighted by Crippen LogP contribution is -2.22. The van der Waals surface area contributed by atoms with Crippen LogP contribution >= 0.6 is 0 Å². The summed E-state index contributed by atoms with van der Waals surface area (Å²) >= 11 is 0. The molecule has 0 saturated carbocycles.